The van der Waals surface area contributed by atoms with Crippen molar-refractivity contribution in [1.29, 1.82) is 0 Å². The second-order valence-electron chi connectivity index (χ2n) is 10.4. The lowest BCUT2D eigenvalue weighted by Gasteiger charge is -2.32. The number of quaternary nitrogens is 1. The zero-order valence-electron chi connectivity index (χ0n) is 21.0. The molecule has 30 heavy (non-hydrogen) atoms. The van der Waals surface area contributed by atoms with Crippen molar-refractivity contribution < 1.29 is 19.8 Å². The highest BCUT2D eigenvalue weighted by molar-refractivity contribution is 4.58. The maximum absolute atomic E-state index is 10.2. The molecule has 0 aliphatic heterocycles. The van der Waals surface area contributed by atoms with Crippen molar-refractivity contribution in [2.45, 2.75) is 141 Å². The highest BCUT2D eigenvalue weighted by Gasteiger charge is 2.22. The van der Waals surface area contributed by atoms with E-state index in [2.05, 4.69) is 21.0 Å². The average Bonchev–Trinajstić information content (AvgIpc) is 2.64. The SMILES string of the molecule is CCCCCCC(O)CCCCCCCCCCCCC(O)C[N+](C)(C)CC(C)O. The molecule has 0 spiro atoms. The van der Waals surface area contributed by atoms with E-state index in [4.69, 9.17) is 0 Å². The summed E-state index contributed by atoms with van der Waals surface area (Å²) in [7, 11) is 4.15. The van der Waals surface area contributed by atoms with Crippen LogP contribution in [0.1, 0.15) is 123 Å². The normalized spacial score (nSPS) is 15.3. The molecule has 4 heteroatoms. The van der Waals surface area contributed by atoms with E-state index in [9.17, 15) is 15.3 Å². The Kier molecular flexibility index (Phi) is 19.4. The molecule has 0 radical (unpaired) electrons. The van der Waals surface area contributed by atoms with Crippen molar-refractivity contribution >= 4 is 0 Å². The van der Waals surface area contributed by atoms with E-state index in [1.807, 2.05) is 6.92 Å². The number of likely N-dealkylation sites (N-methyl/N-ethyl adjacent to an activating group) is 1. The molecule has 0 saturated carbocycles. The second-order valence-corrected chi connectivity index (χ2v) is 10.4. The minimum absolute atomic E-state index is 0.0661. The van der Waals surface area contributed by atoms with Crippen LogP contribution in [0.5, 0.6) is 0 Å². The molecule has 4 nitrogen and oxygen atoms in total. The largest absolute Gasteiger partial charge is 0.393 e. The molecule has 0 saturated heterocycles. The van der Waals surface area contributed by atoms with Crippen LogP contribution in [0.3, 0.4) is 0 Å². The number of nitrogens with zero attached hydrogens (tertiary/aromatic N) is 1. The van der Waals surface area contributed by atoms with Gasteiger partial charge < -0.3 is 19.8 Å². The van der Waals surface area contributed by atoms with Crippen LogP contribution >= 0.6 is 0 Å². The van der Waals surface area contributed by atoms with Crippen molar-refractivity contribution in [2.75, 3.05) is 27.2 Å². The Hall–Kier alpha value is -0.160. The van der Waals surface area contributed by atoms with E-state index >= 15 is 0 Å². The molecule has 0 aromatic carbocycles. The molecule has 0 rings (SSSR count). The third kappa shape index (κ3) is 21.1. The Morgan fingerprint density at radius 1 is 0.533 bits per heavy atom. The minimum atomic E-state index is -0.320. The van der Waals surface area contributed by atoms with Crippen LogP contribution in [0.4, 0.5) is 0 Å². The smallest absolute Gasteiger partial charge is 0.105 e. The van der Waals surface area contributed by atoms with Gasteiger partial charge in [-0.25, -0.2) is 0 Å². The minimum Gasteiger partial charge on any atom is -0.393 e. The van der Waals surface area contributed by atoms with Gasteiger partial charge in [-0.3, -0.25) is 0 Å². The second kappa shape index (κ2) is 19.5. The summed E-state index contributed by atoms with van der Waals surface area (Å²) in [5.74, 6) is 0. The van der Waals surface area contributed by atoms with Gasteiger partial charge >= 0.3 is 0 Å². The monoisotopic (exact) mass is 430 g/mol. The van der Waals surface area contributed by atoms with Gasteiger partial charge in [0.2, 0.25) is 0 Å². The van der Waals surface area contributed by atoms with Gasteiger partial charge in [-0.1, -0.05) is 96.8 Å². The number of rotatable bonds is 22. The predicted molar refractivity (Wildman–Crippen MR) is 130 cm³/mol. The maximum Gasteiger partial charge on any atom is 0.105 e. The van der Waals surface area contributed by atoms with Crippen LogP contribution in [-0.4, -0.2) is 65.3 Å². The third-order valence-corrected chi connectivity index (χ3v) is 6.18. The van der Waals surface area contributed by atoms with Crippen molar-refractivity contribution in [2.24, 2.45) is 0 Å². The molecule has 3 atom stereocenters. The summed E-state index contributed by atoms with van der Waals surface area (Å²) in [5, 5.41) is 29.8. The van der Waals surface area contributed by atoms with Crippen LogP contribution < -0.4 is 0 Å². The van der Waals surface area contributed by atoms with Crippen LogP contribution in [0.25, 0.3) is 0 Å². The average molecular weight is 431 g/mol. The van der Waals surface area contributed by atoms with E-state index in [1.165, 1.54) is 83.5 Å². The fourth-order valence-electron chi connectivity index (χ4n) is 4.58. The molecule has 0 aromatic rings. The molecule has 0 fully saturated rings. The molecule has 0 aliphatic carbocycles. The molecule has 0 aliphatic rings. The third-order valence-electron chi connectivity index (χ3n) is 6.18. The summed E-state index contributed by atoms with van der Waals surface area (Å²) in [5.41, 5.74) is 0. The van der Waals surface area contributed by atoms with Crippen molar-refractivity contribution in [3.05, 3.63) is 0 Å². The van der Waals surface area contributed by atoms with E-state index in [-0.39, 0.29) is 18.3 Å². The Balaban J connectivity index is 3.36. The molecule has 0 bridgehead atoms. The number of aliphatic hydroxyl groups excluding tert-OH is 3. The van der Waals surface area contributed by atoms with E-state index in [0.29, 0.717) is 11.0 Å². The first-order valence-electron chi connectivity index (χ1n) is 13.1. The Bertz CT molecular complexity index is 360. The fourth-order valence-corrected chi connectivity index (χ4v) is 4.58. The molecule has 3 N–H and O–H groups in total. The lowest BCUT2D eigenvalue weighted by atomic mass is 10.0. The molecular formula is C26H56NO3+. The zero-order chi connectivity index (χ0) is 22.7. The Morgan fingerprint density at radius 3 is 1.30 bits per heavy atom. The molecule has 0 amide bonds. The predicted octanol–water partition coefficient (Wildman–Crippen LogP) is 5.82. The van der Waals surface area contributed by atoms with E-state index < -0.39 is 0 Å². The standard InChI is InChI=1S/C26H56NO3/c1-5-6-7-16-19-25(29)20-17-14-12-10-8-9-11-13-15-18-21-26(30)23-27(3,4)22-24(2)28/h24-26,28-30H,5-23H2,1-4H3/q+1. The fraction of sp³-hybridized carbons (Fsp3) is 1.00. The lowest BCUT2D eigenvalue weighted by molar-refractivity contribution is -0.896. The van der Waals surface area contributed by atoms with Crippen molar-refractivity contribution in [1.82, 2.24) is 0 Å². The molecule has 0 aromatic heterocycles. The van der Waals surface area contributed by atoms with Gasteiger partial charge in [-0.2, -0.15) is 0 Å². The summed E-state index contributed by atoms with van der Waals surface area (Å²) in [6.07, 6.45) is 20.0. The van der Waals surface area contributed by atoms with Crippen LogP contribution in [0.2, 0.25) is 0 Å². The van der Waals surface area contributed by atoms with Gasteiger partial charge in [0.15, 0.2) is 0 Å². The first-order valence-corrected chi connectivity index (χ1v) is 13.1. The first kappa shape index (κ1) is 29.8. The van der Waals surface area contributed by atoms with Gasteiger partial charge in [0, 0.05) is 0 Å². The molecule has 3 unspecified atom stereocenters. The molecular weight excluding hydrogens is 374 g/mol. The van der Waals surface area contributed by atoms with Gasteiger partial charge in [0.05, 0.1) is 20.2 Å². The summed E-state index contributed by atoms with van der Waals surface area (Å²) in [6, 6.07) is 0. The van der Waals surface area contributed by atoms with Crippen LogP contribution in [0.15, 0.2) is 0 Å². The van der Waals surface area contributed by atoms with Crippen LogP contribution in [0, 0.1) is 0 Å². The lowest BCUT2D eigenvalue weighted by Crippen LogP contribution is -2.49. The topological polar surface area (TPSA) is 60.7 Å². The summed E-state index contributed by atoms with van der Waals surface area (Å²) in [4.78, 5) is 0. The first-order chi connectivity index (χ1) is 14.3. The van der Waals surface area contributed by atoms with Crippen molar-refractivity contribution in [3.63, 3.8) is 0 Å². The number of unbranched alkanes of at least 4 members (excludes halogenated alkanes) is 12. The highest BCUT2D eigenvalue weighted by Crippen LogP contribution is 2.15. The summed E-state index contributed by atoms with van der Waals surface area (Å²) >= 11 is 0. The molecule has 182 valence electrons. The summed E-state index contributed by atoms with van der Waals surface area (Å²) in [6.45, 7) is 5.46. The zero-order valence-corrected chi connectivity index (χ0v) is 21.0. The van der Waals surface area contributed by atoms with Crippen LogP contribution in [-0.2, 0) is 0 Å². The number of hydrogen-bond donors (Lipinski definition) is 3. The van der Waals surface area contributed by atoms with E-state index in [0.717, 1.165) is 32.2 Å². The Morgan fingerprint density at radius 2 is 0.900 bits per heavy atom. The number of hydrogen-bond acceptors (Lipinski definition) is 3. The van der Waals surface area contributed by atoms with E-state index in [1.54, 1.807) is 0 Å². The highest BCUT2D eigenvalue weighted by atomic mass is 16.3. The Labute approximate surface area is 188 Å². The van der Waals surface area contributed by atoms with Gasteiger partial charge in [0.1, 0.15) is 25.3 Å². The quantitative estimate of drug-likeness (QED) is 0.150. The number of aliphatic hydroxyl groups is 3. The maximum atomic E-state index is 10.2. The molecule has 0 heterocycles. The van der Waals surface area contributed by atoms with Crippen molar-refractivity contribution in [3.8, 4) is 0 Å². The van der Waals surface area contributed by atoms with Gasteiger partial charge in [-0.15, -0.1) is 0 Å². The van der Waals surface area contributed by atoms with Gasteiger partial charge in [-0.05, 0) is 26.2 Å². The summed E-state index contributed by atoms with van der Waals surface area (Å²) < 4.78 is 0.677. The van der Waals surface area contributed by atoms with Gasteiger partial charge in [0.25, 0.3) is 0 Å².